The first kappa shape index (κ1) is 20.1. The number of nitrogens with zero attached hydrogens (tertiary/aromatic N) is 4. The van der Waals surface area contributed by atoms with E-state index in [2.05, 4.69) is 15.3 Å². The smallest absolute Gasteiger partial charge is 0.335 e. The number of halogens is 1. The third kappa shape index (κ3) is 3.90. The maximum Gasteiger partial charge on any atom is 0.335 e. The molecule has 7 nitrogen and oxygen atoms in total. The van der Waals surface area contributed by atoms with E-state index in [1.165, 1.54) is 12.1 Å². The van der Waals surface area contributed by atoms with Gasteiger partial charge >= 0.3 is 5.97 Å². The fraction of sp³-hybridized carbons (Fsp3) is 0.125. The van der Waals surface area contributed by atoms with Crippen molar-refractivity contribution in [3.8, 4) is 0 Å². The van der Waals surface area contributed by atoms with E-state index in [0.717, 1.165) is 22.7 Å². The van der Waals surface area contributed by atoms with Crippen molar-refractivity contribution in [2.45, 2.75) is 12.5 Å². The molecule has 8 heteroatoms. The van der Waals surface area contributed by atoms with Gasteiger partial charge in [-0.3, -0.25) is 9.98 Å². The topological polar surface area (TPSA) is 100 Å². The molecule has 158 valence electrons. The summed E-state index contributed by atoms with van der Waals surface area (Å²) in [6.07, 6.45) is 9.47. The van der Waals surface area contributed by atoms with E-state index >= 15 is 0 Å². The Morgan fingerprint density at radius 3 is 2.69 bits per heavy atom. The average molecular weight is 444 g/mol. The van der Waals surface area contributed by atoms with Crippen LogP contribution in [0.3, 0.4) is 0 Å². The Balaban J connectivity index is 1.50. The third-order valence-electron chi connectivity index (χ3n) is 5.45. The van der Waals surface area contributed by atoms with Crippen LogP contribution in [0.1, 0.15) is 33.2 Å². The maximum atomic E-state index is 11.1. The number of rotatable bonds is 4. The lowest BCUT2D eigenvalue weighted by molar-refractivity contribution is 0.0697. The highest BCUT2D eigenvalue weighted by atomic mass is 35.5. The minimum Gasteiger partial charge on any atom is -0.478 e. The summed E-state index contributed by atoms with van der Waals surface area (Å²) >= 11 is 6.36. The summed E-state index contributed by atoms with van der Waals surface area (Å²) in [5.41, 5.74) is 4.42. The van der Waals surface area contributed by atoms with Gasteiger partial charge in [0, 0.05) is 40.5 Å². The van der Waals surface area contributed by atoms with E-state index < -0.39 is 5.97 Å². The predicted molar refractivity (Wildman–Crippen MR) is 123 cm³/mol. The second-order valence-corrected chi connectivity index (χ2v) is 7.93. The highest BCUT2D eigenvalue weighted by Crippen LogP contribution is 2.38. The number of benzene rings is 1. The van der Waals surface area contributed by atoms with E-state index in [-0.39, 0.29) is 17.4 Å². The Morgan fingerprint density at radius 1 is 1.09 bits per heavy atom. The molecule has 2 atom stereocenters. The largest absolute Gasteiger partial charge is 0.478 e. The zero-order valence-corrected chi connectivity index (χ0v) is 17.6. The Kier molecular flexibility index (Phi) is 5.25. The zero-order valence-electron chi connectivity index (χ0n) is 16.8. The minimum absolute atomic E-state index is 0.0614. The molecule has 0 spiro atoms. The SMILES string of the molecule is O=C(O)c1ccc(Nc2ncc3c(n2)C2C=CC(Cl)=CC2C(c2ccccn2)=NC3)cc1. The van der Waals surface area contributed by atoms with Crippen molar-refractivity contribution in [2.24, 2.45) is 10.9 Å². The molecule has 32 heavy (non-hydrogen) atoms. The lowest BCUT2D eigenvalue weighted by atomic mass is 9.81. The molecule has 5 rings (SSSR count). The van der Waals surface area contributed by atoms with Gasteiger partial charge in [-0.2, -0.15) is 0 Å². The third-order valence-corrected chi connectivity index (χ3v) is 5.70. The Bertz CT molecular complexity index is 1270. The number of carboxylic acid groups (broad SMARTS) is 1. The molecule has 2 aliphatic rings. The highest BCUT2D eigenvalue weighted by Gasteiger charge is 2.33. The summed E-state index contributed by atoms with van der Waals surface area (Å²) in [4.78, 5) is 29.7. The maximum absolute atomic E-state index is 11.1. The van der Waals surface area contributed by atoms with Gasteiger partial charge in [0.2, 0.25) is 5.95 Å². The van der Waals surface area contributed by atoms with E-state index in [0.29, 0.717) is 23.2 Å². The molecule has 0 amide bonds. The van der Waals surface area contributed by atoms with Gasteiger partial charge in [-0.1, -0.05) is 29.8 Å². The predicted octanol–water partition coefficient (Wildman–Crippen LogP) is 4.71. The van der Waals surface area contributed by atoms with Gasteiger partial charge < -0.3 is 10.4 Å². The van der Waals surface area contributed by atoms with Crippen LogP contribution < -0.4 is 5.32 Å². The van der Waals surface area contributed by atoms with E-state index in [9.17, 15) is 4.79 Å². The fourth-order valence-corrected chi connectivity index (χ4v) is 4.12. The van der Waals surface area contributed by atoms with E-state index in [1.807, 2.05) is 36.4 Å². The van der Waals surface area contributed by atoms with E-state index in [1.54, 1.807) is 24.5 Å². The fourth-order valence-electron chi connectivity index (χ4n) is 3.91. The molecule has 1 aliphatic carbocycles. The highest BCUT2D eigenvalue weighted by molar-refractivity contribution is 6.31. The lowest BCUT2D eigenvalue weighted by Gasteiger charge is -2.25. The number of anilines is 2. The molecule has 0 saturated heterocycles. The van der Waals surface area contributed by atoms with Gasteiger partial charge in [-0.25, -0.2) is 14.8 Å². The number of aromatic nitrogens is 3. The monoisotopic (exact) mass is 443 g/mol. The number of aromatic carboxylic acids is 1. The molecule has 0 saturated carbocycles. The number of pyridine rings is 1. The summed E-state index contributed by atoms with van der Waals surface area (Å²) in [6.45, 7) is 0.446. The molecule has 0 radical (unpaired) electrons. The normalized spacial score (nSPS) is 19.2. The number of aliphatic imine (C=N–C) groups is 1. The van der Waals surface area contributed by atoms with Crippen molar-refractivity contribution >= 4 is 34.9 Å². The van der Waals surface area contributed by atoms with Gasteiger partial charge in [0.25, 0.3) is 0 Å². The number of fused-ring (bicyclic) bond motifs is 3. The number of nitrogens with one attached hydrogen (secondary N) is 1. The quantitative estimate of drug-likeness (QED) is 0.605. The number of hydrogen-bond acceptors (Lipinski definition) is 6. The first-order valence-electron chi connectivity index (χ1n) is 10.1. The molecule has 3 heterocycles. The van der Waals surface area contributed by atoms with Crippen molar-refractivity contribution < 1.29 is 9.90 Å². The number of allylic oxidation sites excluding steroid dienone is 4. The van der Waals surface area contributed by atoms with Crippen molar-refractivity contribution in [1.29, 1.82) is 0 Å². The molecule has 0 fully saturated rings. The van der Waals surface area contributed by atoms with Gasteiger partial charge in [0.1, 0.15) is 0 Å². The second-order valence-electron chi connectivity index (χ2n) is 7.49. The van der Waals surface area contributed by atoms with Crippen LogP contribution in [0.15, 0.2) is 83.1 Å². The number of hydrogen-bond donors (Lipinski definition) is 2. The minimum atomic E-state index is -0.969. The summed E-state index contributed by atoms with van der Waals surface area (Å²) in [5.74, 6) is -0.695. The van der Waals surface area contributed by atoms with Crippen LogP contribution >= 0.6 is 11.6 Å². The van der Waals surface area contributed by atoms with Crippen LogP contribution in [0, 0.1) is 5.92 Å². The molecular weight excluding hydrogens is 426 g/mol. The first-order valence-corrected chi connectivity index (χ1v) is 10.4. The molecule has 1 aliphatic heterocycles. The van der Waals surface area contributed by atoms with Crippen LogP contribution in [0.2, 0.25) is 0 Å². The zero-order chi connectivity index (χ0) is 22.1. The summed E-state index contributed by atoms with van der Waals surface area (Å²) in [7, 11) is 0. The lowest BCUT2D eigenvalue weighted by Crippen LogP contribution is -2.23. The van der Waals surface area contributed by atoms with E-state index in [4.69, 9.17) is 26.7 Å². The van der Waals surface area contributed by atoms with Crippen molar-refractivity contribution in [3.63, 3.8) is 0 Å². The average Bonchev–Trinajstić information content (AvgIpc) is 2.96. The summed E-state index contributed by atoms with van der Waals surface area (Å²) in [6, 6.07) is 12.2. The second kappa shape index (κ2) is 8.36. The van der Waals surface area contributed by atoms with Crippen LogP contribution in [-0.4, -0.2) is 31.7 Å². The van der Waals surface area contributed by atoms with Crippen LogP contribution in [-0.2, 0) is 6.54 Å². The molecule has 2 unspecified atom stereocenters. The molecule has 1 aromatic carbocycles. The molecular formula is C24H18ClN5O2. The molecule has 2 aromatic heterocycles. The summed E-state index contributed by atoms with van der Waals surface area (Å²) in [5, 5.41) is 12.9. The van der Waals surface area contributed by atoms with Crippen molar-refractivity contribution in [3.05, 3.63) is 101 Å². The standard InChI is InChI=1S/C24H18ClN5O2/c25-16-6-9-18-19(11-16)22(20-3-1-2-10-26-20)27-12-15-13-28-24(30-21(15)18)29-17-7-4-14(5-8-17)23(31)32/h1-11,13,18-19H,12H2,(H,31,32)(H,28,29,30). The molecule has 2 N–H and O–H groups in total. The van der Waals surface area contributed by atoms with Crippen molar-refractivity contribution in [2.75, 3.05) is 5.32 Å². The Hall–Kier alpha value is -3.84. The first-order chi connectivity index (χ1) is 15.6. The number of carboxylic acids is 1. The number of carbonyl (C=O) groups is 1. The van der Waals surface area contributed by atoms with Gasteiger partial charge in [-0.15, -0.1) is 0 Å². The van der Waals surface area contributed by atoms with Crippen LogP contribution in [0.25, 0.3) is 0 Å². The van der Waals surface area contributed by atoms with Crippen LogP contribution in [0.5, 0.6) is 0 Å². The Morgan fingerprint density at radius 2 is 1.94 bits per heavy atom. The summed E-state index contributed by atoms with van der Waals surface area (Å²) < 4.78 is 0. The molecule has 3 aromatic rings. The molecule has 0 bridgehead atoms. The van der Waals surface area contributed by atoms with Gasteiger partial charge in [0.05, 0.1) is 29.2 Å². The van der Waals surface area contributed by atoms with Gasteiger partial charge in [-0.05, 0) is 42.5 Å². The van der Waals surface area contributed by atoms with Gasteiger partial charge in [0.15, 0.2) is 0 Å². The van der Waals surface area contributed by atoms with Crippen molar-refractivity contribution in [1.82, 2.24) is 15.0 Å². The van der Waals surface area contributed by atoms with Crippen LogP contribution in [0.4, 0.5) is 11.6 Å². The Labute approximate surface area is 189 Å².